The fourth-order valence-electron chi connectivity index (χ4n) is 3.23. The number of pyridine rings is 1. The third-order valence-corrected chi connectivity index (χ3v) is 4.76. The summed E-state index contributed by atoms with van der Waals surface area (Å²) in [6.07, 6.45) is 1.63. The monoisotopic (exact) mass is 433 g/mol. The van der Waals surface area contributed by atoms with Crippen LogP contribution in [0.2, 0.25) is 0 Å². The van der Waals surface area contributed by atoms with E-state index in [0.717, 1.165) is 5.56 Å². The van der Waals surface area contributed by atoms with Crippen LogP contribution in [-0.4, -0.2) is 36.6 Å². The summed E-state index contributed by atoms with van der Waals surface area (Å²) in [5.41, 5.74) is 1.40. The third kappa shape index (κ3) is 4.97. The lowest BCUT2D eigenvalue weighted by molar-refractivity contribution is -0.125. The van der Waals surface area contributed by atoms with Crippen LogP contribution in [0.15, 0.2) is 66.9 Å². The largest absolute Gasteiger partial charge is 0.490 e. The smallest absolute Gasteiger partial charge is 0.265 e. The van der Waals surface area contributed by atoms with Crippen LogP contribution in [-0.2, 0) is 16.1 Å². The van der Waals surface area contributed by atoms with Gasteiger partial charge in [-0.3, -0.25) is 14.5 Å². The lowest BCUT2D eigenvalue weighted by Gasteiger charge is -2.28. The highest BCUT2D eigenvalue weighted by atomic mass is 16.5. The molecule has 8 heteroatoms. The van der Waals surface area contributed by atoms with Gasteiger partial charge in [0.25, 0.3) is 5.91 Å². The van der Waals surface area contributed by atoms with E-state index in [1.54, 1.807) is 30.5 Å². The maximum Gasteiger partial charge on any atom is 0.265 e. The summed E-state index contributed by atoms with van der Waals surface area (Å²) < 4.78 is 16.8. The fraction of sp³-hybridized carbons (Fsp3) is 0.208. The number of nitrogens with one attached hydrogen (secondary N) is 1. The second-order valence-corrected chi connectivity index (χ2v) is 7.00. The van der Waals surface area contributed by atoms with E-state index in [4.69, 9.17) is 14.2 Å². The molecule has 0 saturated carbocycles. The Morgan fingerprint density at radius 1 is 1.09 bits per heavy atom. The number of anilines is 1. The zero-order chi connectivity index (χ0) is 22.3. The summed E-state index contributed by atoms with van der Waals surface area (Å²) in [6.45, 7) is 2.56. The van der Waals surface area contributed by atoms with Crippen molar-refractivity contribution in [2.45, 2.75) is 13.5 Å². The minimum absolute atomic E-state index is 0.0812. The summed E-state index contributed by atoms with van der Waals surface area (Å²) in [5, 5.41) is 2.82. The average molecular weight is 433 g/mol. The van der Waals surface area contributed by atoms with Crippen LogP contribution >= 0.6 is 0 Å². The van der Waals surface area contributed by atoms with Gasteiger partial charge >= 0.3 is 0 Å². The predicted molar refractivity (Wildman–Crippen MR) is 118 cm³/mol. The number of amides is 2. The first kappa shape index (κ1) is 21.2. The summed E-state index contributed by atoms with van der Waals surface area (Å²) in [4.78, 5) is 30.4. The van der Waals surface area contributed by atoms with Gasteiger partial charge in [0.05, 0.1) is 12.3 Å². The number of ether oxygens (including phenoxy) is 3. The van der Waals surface area contributed by atoms with Gasteiger partial charge in [0.15, 0.2) is 18.1 Å². The molecule has 0 radical (unpaired) electrons. The molecule has 2 amide bonds. The molecule has 164 valence electrons. The molecule has 0 bridgehead atoms. The summed E-state index contributed by atoms with van der Waals surface area (Å²) in [6, 6.07) is 18.1. The molecular formula is C24H23N3O5. The second-order valence-electron chi connectivity index (χ2n) is 7.00. The van der Waals surface area contributed by atoms with Crippen LogP contribution in [0, 0.1) is 0 Å². The number of hydrogen-bond acceptors (Lipinski definition) is 6. The molecule has 3 aromatic rings. The molecule has 1 aliphatic rings. The quantitative estimate of drug-likeness (QED) is 0.586. The standard InChI is InChI=1S/C24H23N3O5/c1-2-30-20-9-5-6-10-21(20)32-23-12-11-17(14-26-23)13-25-22(28)15-27-18-7-3-4-8-19(18)31-16-24(27)29/h3-12,14H,2,13,15-16H2,1H3,(H,25,28). The van der Waals surface area contributed by atoms with Crippen LogP contribution in [0.25, 0.3) is 0 Å². The number of rotatable bonds is 8. The van der Waals surface area contributed by atoms with Gasteiger partial charge in [-0.25, -0.2) is 4.98 Å². The molecule has 1 N–H and O–H groups in total. The molecule has 8 nitrogen and oxygen atoms in total. The number of aromatic nitrogens is 1. The summed E-state index contributed by atoms with van der Waals surface area (Å²) in [7, 11) is 0. The Morgan fingerprint density at radius 2 is 1.88 bits per heavy atom. The van der Waals surface area contributed by atoms with Crippen LogP contribution in [0.5, 0.6) is 23.1 Å². The Kier molecular flexibility index (Phi) is 6.50. The number of para-hydroxylation sites is 4. The SMILES string of the molecule is CCOc1ccccc1Oc1ccc(CNC(=O)CN2C(=O)COc3ccccc32)cn1. The van der Waals surface area contributed by atoms with Crippen molar-refractivity contribution in [2.75, 3.05) is 24.7 Å². The Labute approximate surface area is 185 Å². The van der Waals surface area contributed by atoms with Gasteiger partial charge in [-0.05, 0) is 36.8 Å². The normalized spacial score (nSPS) is 12.5. The van der Waals surface area contributed by atoms with Crippen molar-refractivity contribution in [3.63, 3.8) is 0 Å². The first-order valence-corrected chi connectivity index (χ1v) is 10.3. The molecule has 2 aromatic carbocycles. The second kappa shape index (κ2) is 9.82. The van der Waals surface area contributed by atoms with E-state index in [1.165, 1.54) is 4.90 Å². The summed E-state index contributed by atoms with van der Waals surface area (Å²) >= 11 is 0. The topological polar surface area (TPSA) is 90.0 Å². The molecule has 4 rings (SSSR count). The van der Waals surface area contributed by atoms with E-state index in [2.05, 4.69) is 10.3 Å². The van der Waals surface area contributed by atoms with Crippen molar-refractivity contribution in [1.29, 1.82) is 0 Å². The van der Waals surface area contributed by atoms with Crippen LogP contribution in [0.3, 0.4) is 0 Å². The molecule has 1 aliphatic heterocycles. The van der Waals surface area contributed by atoms with Gasteiger partial charge in [-0.15, -0.1) is 0 Å². The van der Waals surface area contributed by atoms with Gasteiger partial charge in [-0.2, -0.15) is 0 Å². The Hall–Kier alpha value is -4.07. The number of nitrogens with zero attached hydrogens (tertiary/aromatic N) is 2. The van der Waals surface area contributed by atoms with E-state index in [0.29, 0.717) is 35.4 Å². The van der Waals surface area contributed by atoms with Crippen LogP contribution < -0.4 is 24.4 Å². The van der Waals surface area contributed by atoms with Gasteiger partial charge < -0.3 is 19.5 Å². The number of hydrogen-bond donors (Lipinski definition) is 1. The van der Waals surface area contributed by atoms with E-state index in [-0.39, 0.29) is 31.5 Å². The highest BCUT2D eigenvalue weighted by Crippen LogP contribution is 2.31. The van der Waals surface area contributed by atoms with Crippen molar-refractivity contribution >= 4 is 17.5 Å². The lowest BCUT2D eigenvalue weighted by Crippen LogP contribution is -2.45. The van der Waals surface area contributed by atoms with Crippen LogP contribution in [0.4, 0.5) is 5.69 Å². The number of carbonyl (C=O) groups is 2. The molecule has 0 saturated heterocycles. The van der Waals surface area contributed by atoms with Crippen molar-refractivity contribution in [1.82, 2.24) is 10.3 Å². The highest BCUT2D eigenvalue weighted by molar-refractivity contribution is 6.02. The maximum absolute atomic E-state index is 12.4. The maximum atomic E-state index is 12.4. The molecule has 0 fully saturated rings. The number of fused-ring (bicyclic) bond motifs is 1. The highest BCUT2D eigenvalue weighted by Gasteiger charge is 2.26. The minimum Gasteiger partial charge on any atom is -0.490 e. The van der Waals surface area contributed by atoms with Crippen LogP contribution in [0.1, 0.15) is 12.5 Å². The average Bonchev–Trinajstić information content (AvgIpc) is 2.82. The van der Waals surface area contributed by atoms with Crippen molar-refractivity contribution in [3.05, 3.63) is 72.4 Å². The number of benzene rings is 2. The van der Waals surface area contributed by atoms with Crippen molar-refractivity contribution in [3.8, 4) is 23.1 Å². The predicted octanol–water partition coefficient (Wildman–Crippen LogP) is 3.31. The Bertz CT molecular complexity index is 1100. The molecule has 0 aliphatic carbocycles. The lowest BCUT2D eigenvalue weighted by atomic mass is 10.2. The minimum atomic E-state index is -0.277. The van der Waals surface area contributed by atoms with E-state index in [9.17, 15) is 9.59 Å². The fourth-order valence-corrected chi connectivity index (χ4v) is 3.23. The van der Waals surface area contributed by atoms with Crippen molar-refractivity contribution in [2.24, 2.45) is 0 Å². The van der Waals surface area contributed by atoms with E-state index >= 15 is 0 Å². The zero-order valence-electron chi connectivity index (χ0n) is 17.6. The first-order valence-electron chi connectivity index (χ1n) is 10.3. The molecular weight excluding hydrogens is 410 g/mol. The first-order chi connectivity index (χ1) is 15.6. The number of carbonyl (C=O) groups excluding carboxylic acids is 2. The van der Waals surface area contributed by atoms with Gasteiger partial charge in [0, 0.05) is 18.8 Å². The Balaban J connectivity index is 1.33. The zero-order valence-corrected chi connectivity index (χ0v) is 17.6. The van der Waals surface area contributed by atoms with Gasteiger partial charge in [-0.1, -0.05) is 30.3 Å². The van der Waals surface area contributed by atoms with Crippen molar-refractivity contribution < 1.29 is 23.8 Å². The third-order valence-electron chi connectivity index (χ3n) is 4.76. The van der Waals surface area contributed by atoms with Gasteiger partial charge in [0.2, 0.25) is 11.8 Å². The van der Waals surface area contributed by atoms with E-state index < -0.39 is 0 Å². The van der Waals surface area contributed by atoms with E-state index in [1.807, 2.05) is 43.3 Å². The summed E-state index contributed by atoms with van der Waals surface area (Å²) in [5.74, 6) is 1.70. The molecule has 0 spiro atoms. The van der Waals surface area contributed by atoms with Gasteiger partial charge in [0.1, 0.15) is 12.3 Å². The molecule has 0 atom stereocenters. The molecule has 0 unspecified atom stereocenters. The molecule has 2 heterocycles. The molecule has 1 aromatic heterocycles. The molecule has 32 heavy (non-hydrogen) atoms. The Morgan fingerprint density at radius 3 is 2.66 bits per heavy atom.